The molecule has 4 heteroatoms. The van der Waals surface area contributed by atoms with Gasteiger partial charge in [-0.2, -0.15) is 5.26 Å². The summed E-state index contributed by atoms with van der Waals surface area (Å²) in [6.45, 7) is 5.09. The molecule has 0 aliphatic carbocycles. The van der Waals surface area contributed by atoms with Crippen LogP contribution in [0.3, 0.4) is 0 Å². The molecule has 0 aromatic carbocycles. The van der Waals surface area contributed by atoms with Crippen molar-refractivity contribution in [2.75, 3.05) is 13.1 Å². The van der Waals surface area contributed by atoms with E-state index in [1.54, 1.807) is 4.90 Å². The molecule has 1 rings (SSSR count). The van der Waals surface area contributed by atoms with E-state index in [0.29, 0.717) is 13.1 Å². The van der Waals surface area contributed by atoms with E-state index in [0.717, 1.165) is 6.42 Å². The molecule has 2 N–H and O–H groups in total. The Bertz CT molecular complexity index is 257. The maximum atomic E-state index is 11.7. The summed E-state index contributed by atoms with van der Waals surface area (Å²) in [5.74, 6) is 0.139. The first-order valence-electron chi connectivity index (χ1n) is 5.00. The van der Waals surface area contributed by atoms with Crippen LogP contribution in [-0.2, 0) is 4.79 Å². The molecule has 1 amide bonds. The monoisotopic (exact) mass is 195 g/mol. The highest BCUT2D eigenvalue weighted by Crippen LogP contribution is 2.16. The largest absolute Gasteiger partial charge is 0.340 e. The van der Waals surface area contributed by atoms with Gasteiger partial charge >= 0.3 is 0 Å². The highest BCUT2D eigenvalue weighted by atomic mass is 16.2. The highest BCUT2D eigenvalue weighted by Gasteiger charge is 2.30. The first-order valence-corrected chi connectivity index (χ1v) is 5.00. The molecule has 2 unspecified atom stereocenters. The van der Waals surface area contributed by atoms with Gasteiger partial charge in [-0.3, -0.25) is 4.79 Å². The molecule has 0 saturated carbocycles. The Labute approximate surface area is 84.7 Å². The predicted octanol–water partition coefficient (Wildman–Crippen LogP) is 0.342. The average Bonchev–Trinajstić information content (AvgIpc) is 2.63. The lowest BCUT2D eigenvalue weighted by molar-refractivity contribution is -0.132. The molecule has 0 radical (unpaired) electrons. The van der Waals surface area contributed by atoms with E-state index in [2.05, 4.69) is 6.07 Å². The van der Waals surface area contributed by atoms with Gasteiger partial charge in [-0.05, 0) is 12.3 Å². The maximum Gasteiger partial charge on any atom is 0.239 e. The molecular weight excluding hydrogens is 178 g/mol. The molecule has 0 spiro atoms. The summed E-state index contributed by atoms with van der Waals surface area (Å²) in [5, 5.41) is 8.69. The molecule has 1 fully saturated rings. The van der Waals surface area contributed by atoms with Crippen LogP contribution in [0.25, 0.3) is 0 Å². The van der Waals surface area contributed by atoms with Crippen molar-refractivity contribution in [2.45, 2.75) is 26.3 Å². The Balaban J connectivity index is 2.52. The van der Waals surface area contributed by atoms with Crippen molar-refractivity contribution in [3.8, 4) is 6.07 Å². The molecule has 1 aliphatic rings. The molecular formula is C10H17N3O. The fraction of sp³-hybridized carbons (Fsp3) is 0.800. The summed E-state index contributed by atoms with van der Waals surface area (Å²) in [5.41, 5.74) is 5.75. The number of likely N-dealkylation sites (tertiary alicyclic amines) is 1. The van der Waals surface area contributed by atoms with Crippen LogP contribution in [0.2, 0.25) is 0 Å². The van der Waals surface area contributed by atoms with Gasteiger partial charge in [0.1, 0.15) is 0 Å². The lowest BCUT2D eigenvalue weighted by Gasteiger charge is -2.22. The molecule has 0 bridgehead atoms. The van der Waals surface area contributed by atoms with E-state index in [-0.39, 0.29) is 17.7 Å². The number of carbonyl (C=O) groups excluding carboxylic acids is 1. The Hall–Kier alpha value is -1.08. The van der Waals surface area contributed by atoms with Crippen molar-refractivity contribution in [3.63, 3.8) is 0 Å². The lowest BCUT2D eigenvalue weighted by atomic mass is 10.0. The summed E-state index contributed by atoms with van der Waals surface area (Å²) in [6, 6.07) is 1.76. The number of nitrogens with two attached hydrogens (primary N) is 1. The molecule has 2 atom stereocenters. The zero-order chi connectivity index (χ0) is 10.7. The van der Waals surface area contributed by atoms with Crippen molar-refractivity contribution >= 4 is 5.91 Å². The molecule has 1 saturated heterocycles. The Morgan fingerprint density at radius 1 is 1.64 bits per heavy atom. The van der Waals surface area contributed by atoms with Gasteiger partial charge < -0.3 is 10.6 Å². The number of carbonyl (C=O) groups is 1. The van der Waals surface area contributed by atoms with Crippen molar-refractivity contribution in [3.05, 3.63) is 0 Å². The van der Waals surface area contributed by atoms with Gasteiger partial charge in [0.25, 0.3) is 0 Å². The van der Waals surface area contributed by atoms with Crippen LogP contribution in [0.1, 0.15) is 20.3 Å². The van der Waals surface area contributed by atoms with Crippen LogP contribution in [0, 0.1) is 23.2 Å². The fourth-order valence-electron chi connectivity index (χ4n) is 1.56. The first-order chi connectivity index (χ1) is 6.56. The van der Waals surface area contributed by atoms with Gasteiger partial charge in [-0.25, -0.2) is 0 Å². The van der Waals surface area contributed by atoms with Gasteiger partial charge in [0.15, 0.2) is 0 Å². The smallest absolute Gasteiger partial charge is 0.239 e. The summed E-state index contributed by atoms with van der Waals surface area (Å²) < 4.78 is 0. The zero-order valence-corrected chi connectivity index (χ0v) is 8.73. The molecule has 0 aromatic heterocycles. The Morgan fingerprint density at radius 3 is 2.71 bits per heavy atom. The van der Waals surface area contributed by atoms with Gasteiger partial charge in [0.2, 0.25) is 5.91 Å². The van der Waals surface area contributed by atoms with Crippen LogP contribution in [0.4, 0.5) is 0 Å². The minimum atomic E-state index is -0.424. The van der Waals surface area contributed by atoms with Crippen LogP contribution in [0.5, 0.6) is 0 Å². The van der Waals surface area contributed by atoms with Crippen molar-refractivity contribution in [2.24, 2.45) is 17.6 Å². The van der Waals surface area contributed by atoms with Crippen LogP contribution >= 0.6 is 0 Å². The van der Waals surface area contributed by atoms with E-state index in [4.69, 9.17) is 11.0 Å². The highest BCUT2D eigenvalue weighted by molar-refractivity contribution is 5.82. The van der Waals surface area contributed by atoms with Crippen LogP contribution < -0.4 is 5.73 Å². The van der Waals surface area contributed by atoms with E-state index in [9.17, 15) is 4.79 Å². The number of hydrogen-bond acceptors (Lipinski definition) is 3. The standard InChI is InChI=1S/C10H17N3O/c1-7(2)9(12)10(14)13-4-3-8(5-11)6-13/h7-9H,3-4,6,12H2,1-2H3. The quantitative estimate of drug-likeness (QED) is 0.690. The Morgan fingerprint density at radius 2 is 2.29 bits per heavy atom. The lowest BCUT2D eigenvalue weighted by Crippen LogP contribution is -2.45. The number of nitrogens with zero attached hydrogens (tertiary/aromatic N) is 2. The van der Waals surface area contributed by atoms with Crippen molar-refractivity contribution < 1.29 is 4.79 Å². The SMILES string of the molecule is CC(C)C(N)C(=O)N1CCC(C#N)C1. The second-order valence-corrected chi connectivity index (χ2v) is 4.17. The Kier molecular flexibility index (Phi) is 3.48. The molecule has 14 heavy (non-hydrogen) atoms. The predicted molar refractivity (Wildman–Crippen MR) is 53.1 cm³/mol. The van der Waals surface area contributed by atoms with E-state index in [1.165, 1.54) is 0 Å². The molecule has 1 heterocycles. The van der Waals surface area contributed by atoms with E-state index >= 15 is 0 Å². The van der Waals surface area contributed by atoms with Crippen LogP contribution in [-0.4, -0.2) is 29.9 Å². The summed E-state index contributed by atoms with van der Waals surface area (Å²) in [4.78, 5) is 13.4. The third-order valence-corrected chi connectivity index (χ3v) is 2.69. The number of hydrogen-bond donors (Lipinski definition) is 1. The van der Waals surface area contributed by atoms with Crippen molar-refractivity contribution in [1.29, 1.82) is 5.26 Å². The molecule has 1 aliphatic heterocycles. The minimum Gasteiger partial charge on any atom is -0.340 e. The zero-order valence-electron chi connectivity index (χ0n) is 8.73. The third kappa shape index (κ3) is 2.24. The van der Waals surface area contributed by atoms with Gasteiger partial charge in [0, 0.05) is 13.1 Å². The molecule has 4 nitrogen and oxygen atoms in total. The topological polar surface area (TPSA) is 70.1 Å². The average molecular weight is 195 g/mol. The normalized spacial score (nSPS) is 23.6. The third-order valence-electron chi connectivity index (χ3n) is 2.69. The first kappa shape index (κ1) is 11.0. The van der Waals surface area contributed by atoms with Crippen molar-refractivity contribution in [1.82, 2.24) is 4.90 Å². The van der Waals surface area contributed by atoms with E-state index in [1.807, 2.05) is 13.8 Å². The molecule has 78 valence electrons. The van der Waals surface area contributed by atoms with Crippen LogP contribution in [0.15, 0.2) is 0 Å². The minimum absolute atomic E-state index is 0.00156. The number of nitriles is 1. The van der Waals surface area contributed by atoms with Gasteiger partial charge in [0.05, 0.1) is 18.0 Å². The molecule has 0 aromatic rings. The fourth-order valence-corrected chi connectivity index (χ4v) is 1.56. The number of rotatable bonds is 2. The summed E-state index contributed by atoms with van der Waals surface area (Å²) in [6.07, 6.45) is 0.785. The summed E-state index contributed by atoms with van der Waals surface area (Å²) >= 11 is 0. The maximum absolute atomic E-state index is 11.7. The summed E-state index contributed by atoms with van der Waals surface area (Å²) in [7, 11) is 0. The van der Waals surface area contributed by atoms with Gasteiger partial charge in [-0.1, -0.05) is 13.8 Å². The van der Waals surface area contributed by atoms with E-state index < -0.39 is 6.04 Å². The second-order valence-electron chi connectivity index (χ2n) is 4.17. The second kappa shape index (κ2) is 4.43. The van der Waals surface area contributed by atoms with Gasteiger partial charge in [-0.15, -0.1) is 0 Å². The number of amides is 1.